The fourth-order valence-corrected chi connectivity index (χ4v) is 4.73. The summed E-state index contributed by atoms with van der Waals surface area (Å²) in [6.07, 6.45) is 5.34. The molecule has 0 bridgehead atoms. The van der Waals surface area contributed by atoms with Crippen molar-refractivity contribution in [2.45, 2.75) is 32.1 Å². The number of rotatable bonds is 8. The highest BCUT2D eigenvalue weighted by atomic mass is 16.4. The van der Waals surface area contributed by atoms with Gasteiger partial charge in [0.15, 0.2) is 0 Å². The summed E-state index contributed by atoms with van der Waals surface area (Å²) in [5.74, 6) is 0.591. The maximum atomic E-state index is 11.4. The van der Waals surface area contributed by atoms with Crippen molar-refractivity contribution in [2.24, 2.45) is 0 Å². The summed E-state index contributed by atoms with van der Waals surface area (Å²) < 4.78 is 0. The van der Waals surface area contributed by atoms with E-state index < -0.39 is 5.97 Å². The van der Waals surface area contributed by atoms with Crippen LogP contribution in [0.15, 0.2) is 42.5 Å². The number of fused-ring (bicyclic) bond motifs is 3. The van der Waals surface area contributed by atoms with Gasteiger partial charge in [0.2, 0.25) is 0 Å². The third-order valence-electron chi connectivity index (χ3n) is 6.41. The first-order valence-corrected chi connectivity index (χ1v) is 11.9. The lowest BCUT2D eigenvalue weighted by Crippen LogP contribution is -2.31. The van der Waals surface area contributed by atoms with Gasteiger partial charge < -0.3 is 25.4 Å². The van der Waals surface area contributed by atoms with Crippen LogP contribution < -0.4 is 5.32 Å². The van der Waals surface area contributed by atoms with E-state index >= 15 is 0 Å². The molecule has 0 radical (unpaired) electrons. The number of hydrogen-bond donors (Lipinski definition) is 4. The normalized spacial score (nSPS) is 14.6. The number of aromatic carboxylic acids is 1. The van der Waals surface area contributed by atoms with Crippen LogP contribution in [0.1, 0.15) is 47.4 Å². The van der Waals surface area contributed by atoms with Gasteiger partial charge in [-0.2, -0.15) is 0 Å². The number of carboxylic acid groups (broad SMARTS) is 1. The molecule has 5 rings (SSSR count). The minimum absolute atomic E-state index is 0.189. The van der Waals surface area contributed by atoms with Crippen LogP contribution >= 0.6 is 0 Å². The van der Waals surface area contributed by atoms with Gasteiger partial charge >= 0.3 is 5.97 Å². The molecule has 176 valence electrons. The fourth-order valence-electron chi connectivity index (χ4n) is 4.73. The number of aromatic nitrogens is 3. The van der Waals surface area contributed by atoms with Crippen molar-refractivity contribution in [2.75, 3.05) is 31.5 Å². The van der Waals surface area contributed by atoms with Crippen molar-refractivity contribution in [3.63, 3.8) is 0 Å². The van der Waals surface area contributed by atoms with Gasteiger partial charge in [0.1, 0.15) is 23.0 Å². The molecule has 0 spiro atoms. The topological polar surface area (TPSA) is 114 Å². The number of piperidine rings is 1. The van der Waals surface area contributed by atoms with E-state index in [0.29, 0.717) is 17.9 Å². The van der Waals surface area contributed by atoms with E-state index in [2.05, 4.69) is 15.2 Å². The average Bonchev–Trinajstić information content (AvgIpc) is 3.20. The quantitative estimate of drug-likeness (QED) is 0.289. The summed E-state index contributed by atoms with van der Waals surface area (Å²) in [6, 6.07) is 12.1. The molecule has 34 heavy (non-hydrogen) atoms. The van der Waals surface area contributed by atoms with Crippen LogP contribution in [0.25, 0.3) is 21.9 Å². The van der Waals surface area contributed by atoms with Gasteiger partial charge in [-0.15, -0.1) is 0 Å². The van der Waals surface area contributed by atoms with Gasteiger partial charge in [0.05, 0.1) is 16.5 Å². The highest BCUT2D eigenvalue weighted by Gasteiger charge is 2.16. The highest BCUT2D eigenvalue weighted by molar-refractivity contribution is 6.11. The number of H-pyrrole nitrogens is 1. The van der Waals surface area contributed by atoms with Crippen molar-refractivity contribution in [1.82, 2.24) is 19.9 Å². The Labute approximate surface area is 197 Å². The third kappa shape index (κ3) is 4.82. The van der Waals surface area contributed by atoms with Gasteiger partial charge in [-0.05, 0) is 68.7 Å². The monoisotopic (exact) mass is 459 g/mol. The minimum atomic E-state index is -0.954. The van der Waals surface area contributed by atoms with Crippen molar-refractivity contribution >= 4 is 33.7 Å². The SMILES string of the molecule is O=C(O)c1cccc(Cc2nc(NCCCN3CCCCC3)c3c(n2)[nH]c2cc(O)ccc23)c1. The second-order valence-electron chi connectivity index (χ2n) is 8.93. The second-order valence-corrected chi connectivity index (χ2v) is 8.93. The Morgan fingerprint density at radius 2 is 1.94 bits per heavy atom. The Bertz CT molecular complexity index is 1330. The number of likely N-dealkylation sites (tertiary alicyclic amines) is 1. The molecule has 1 saturated heterocycles. The first-order valence-electron chi connectivity index (χ1n) is 11.9. The molecule has 1 fully saturated rings. The minimum Gasteiger partial charge on any atom is -0.508 e. The van der Waals surface area contributed by atoms with Crippen molar-refractivity contribution in [1.29, 1.82) is 0 Å². The standard InChI is InChI=1S/C26H29N5O3/c32-19-8-9-20-21(16-19)28-25-23(20)24(27-10-5-13-31-11-2-1-3-12-31)29-22(30-25)15-17-6-4-7-18(14-17)26(33)34/h4,6-9,14,16,32H,1-3,5,10-13,15H2,(H,33,34)(H2,27,28,29,30). The molecule has 2 aromatic heterocycles. The van der Waals surface area contributed by atoms with E-state index in [1.165, 1.54) is 32.4 Å². The number of hydrogen-bond acceptors (Lipinski definition) is 6. The molecule has 1 aliphatic heterocycles. The van der Waals surface area contributed by atoms with Gasteiger partial charge in [-0.1, -0.05) is 18.6 Å². The average molecular weight is 460 g/mol. The van der Waals surface area contributed by atoms with E-state index in [9.17, 15) is 15.0 Å². The highest BCUT2D eigenvalue weighted by Crippen LogP contribution is 2.32. The van der Waals surface area contributed by atoms with Crippen molar-refractivity contribution < 1.29 is 15.0 Å². The maximum Gasteiger partial charge on any atom is 0.335 e. The summed E-state index contributed by atoms with van der Waals surface area (Å²) in [4.78, 5) is 26.7. The number of carboxylic acids is 1. The number of nitrogens with zero attached hydrogens (tertiary/aromatic N) is 3. The number of benzene rings is 2. The molecule has 0 amide bonds. The number of carbonyl (C=O) groups is 1. The summed E-state index contributed by atoms with van der Waals surface area (Å²) in [5, 5.41) is 24.6. The number of nitrogens with one attached hydrogen (secondary N) is 2. The summed E-state index contributed by atoms with van der Waals surface area (Å²) in [5.41, 5.74) is 2.57. The molecule has 4 N–H and O–H groups in total. The number of aromatic hydroxyl groups is 1. The fraction of sp³-hybridized carbons (Fsp3) is 0.346. The second kappa shape index (κ2) is 9.69. The van der Waals surface area contributed by atoms with E-state index in [4.69, 9.17) is 9.97 Å². The van der Waals surface area contributed by atoms with Gasteiger partial charge in [0, 0.05) is 24.4 Å². The zero-order chi connectivity index (χ0) is 23.5. The molecule has 0 aliphatic carbocycles. The molecule has 0 saturated carbocycles. The van der Waals surface area contributed by atoms with E-state index in [0.717, 1.165) is 47.2 Å². The first-order chi connectivity index (χ1) is 16.6. The Morgan fingerprint density at radius 1 is 1.09 bits per heavy atom. The van der Waals surface area contributed by atoms with Gasteiger partial charge in [0.25, 0.3) is 0 Å². The molecule has 4 aromatic rings. The van der Waals surface area contributed by atoms with Crippen LogP contribution in [0.3, 0.4) is 0 Å². The first kappa shape index (κ1) is 22.2. The summed E-state index contributed by atoms with van der Waals surface area (Å²) >= 11 is 0. The van der Waals surface area contributed by atoms with Gasteiger partial charge in [-0.25, -0.2) is 14.8 Å². The predicted octanol–water partition coefficient (Wildman–Crippen LogP) is 4.39. The van der Waals surface area contributed by atoms with E-state index in [-0.39, 0.29) is 11.3 Å². The molecule has 8 heteroatoms. The zero-order valence-electron chi connectivity index (χ0n) is 19.0. The molecule has 2 aromatic carbocycles. The molecular formula is C26H29N5O3. The Hall–Kier alpha value is -3.65. The Kier molecular flexibility index (Phi) is 6.31. The number of aromatic amines is 1. The van der Waals surface area contributed by atoms with Crippen molar-refractivity contribution in [3.8, 4) is 5.75 Å². The number of phenolic OH excluding ortho intramolecular Hbond substituents is 1. The van der Waals surface area contributed by atoms with E-state index in [1.807, 2.05) is 12.1 Å². The van der Waals surface area contributed by atoms with Crippen LogP contribution in [-0.2, 0) is 6.42 Å². The number of phenols is 1. The molecule has 3 heterocycles. The van der Waals surface area contributed by atoms with Crippen LogP contribution in [-0.4, -0.2) is 62.2 Å². The number of anilines is 1. The lowest BCUT2D eigenvalue weighted by atomic mass is 10.1. The molecular weight excluding hydrogens is 430 g/mol. The Balaban J connectivity index is 1.43. The largest absolute Gasteiger partial charge is 0.508 e. The van der Waals surface area contributed by atoms with Gasteiger partial charge in [-0.3, -0.25) is 0 Å². The maximum absolute atomic E-state index is 11.4. The molecule has 8 nitrogen and oxygen atoms in total. The molecule has 1 aliphatic rings. The van der Waals surface area contributed by atoms with E-state index in [1.54, 1.807) is 30.3 Å². The predicted molar refractivity (Wildman–Crippen MR) is 133 cm³/mol. The zero-order valence-corrected chi connectivity index (χ0v) is 19.0. The summed E-state index contributed by atoms with van der Waals surface area (Å²) in [7, 11) is 0. The van der Waals surface area contributed by atoms with Crippen LogP contribution in [0.5, 0.6) is 5.75 Å². The van der Waals surface area contributed by atoms with Crippen molar-refractivity contribution in [3.05, 3.63) is 59.4 Å². The van der Waals surface area contributed by atoms with Crippen LogP contribution in [0.4, 0.5) is 5.82 Å². The lowest BCUT2D eigenvalue weighted by Gasteiger charge is -2.26. The van der Waals surface area contributed by atoms with Crippen LogP contribution in [0.2, 0.25) is 0 Å². The third-order valence-corrected chi connectivity index (χ3v) is 6.41. The molecule has 0 unspecified atom stereocenters. The smallest absolute Gasteiger partial charge is 0.335 e. The molecule has 0 atom stereocenters. The Morgan fingerprint density at radius 3 is 2.76 bits per heavy atom. The summed E-state index contributed by atoms with van der Waals surface area (Å²) in [6.45, 7) is 4.23. The lowest BCUT2D eigenvalue weighted by molar-refractivity contribution is 0.0696. The van der Waals surface area contributed by atoms with Crippen LogP contribution in [0, 0.1) is 0 Å².